The van der Waals surface area contributed by atoms with Gasteiger partial charge in [-0.2, -0.15) is 0 Å². The molecule has 2 atom stereocenters. The summed E-state index contributed by atoms with van der Waals surface area (Å²) >= 11 is 18.7. The van der Waals surface area contributed by atoms with Crippen LogP contribution >= 0.6 is 55.1 Å². The van der Waals surface area contributed by atoms with Gasteiger partial charge >= 0.3 is 0 Å². The number of carbonyl (C=O) groups excluding carboxylic acids is 1. The molecule has 0 unspecified atom stereocenters. The molecule has 0 spiro atoms. The maximum absolute atomic E-state index is 12.8. The summed E-state index contributed by atoms with van der Waals surface area (Å²) in [6.07, 6.45) is 0. The van der Waals surface area contributed by atoms with Crippen LogP contribution in [0.2, 0.25) is 10.0 Å². The number of nitrogens with zero attached hydrogens (tertiary/aromatic N) is 1. The lowest BCUT2D eigenvalue weighted by molar-refractivity contribution is -0.385. The summed E-state index contributed by atoms with van der Waals surface area (Å²) in [4.78, 5) is 22.2. The quantitative estimate of drug-likeness (QED) is 0.186. The van der Waals surface area contributed by atoms with E-state index in [9.17, 15) is 14.9 Å². The molecular weight excluding hydrogens is 529 g/mol. The zero-order valence-electron chi connectivity index (χ0n) is 14.0. The van der Waals surface area contributed by atoms with Gasteiger partial charge in [-0.3, -0.25) is 14.9 Å². The molecule has 0 radical (unpaired) electrons. The number of carbonyl (C=O) groups is 1. The van der Waals surface area contributed by atoms with Crippen molar-refractivity contribution in [2.45, 2.75) is 9.65 Å². The molecule has 144 valence electrons. The van der Waals surface area contributed by atoms with Gasteiger partial charge in [0.25, 0.3) is 5.69 Å². The average molecular weight is 542 g/mol. The lowest BCUT2D eigenvalue weighted by atomic mass is 10.0. The maximum Gasteiger partial charge on any atom is 0.277 e. The normalized spacial score (nSPS) is 13.0. The first-order valence-corrected chi connectivity index (χ1v) is 9.97. The van der Waals surface area contributed by atoms with Crippen molar-refractivity contribution in [3.05, 3.63) is 61.6 Å². The van der Waals surface area contributed by atoms with Gasteiger partial charge in [0.15, 0.2) is 17.3 Å². The van der Waals surface area contributed by atoms with Gasteiger partial charge < -0.3 is 9.47 Å². The van der Waals surface area contributed by atoms with Crippen LogP contribution in [0.15, 0.2) is 30.3 Å². The first kappa shape index (κ1) is 21.9. The van der Waals surface area contributed by atoms with Crippen molar-refractivity contribution < 1.29 is 19.2 Å². The van der Waals surface area contributed by atoms with E-state index in [0.29, 0.717) is 10.8 Å². The Morgan fingerprint density at radius 1 is 1.11 bits per heavy atom. The number of nitro benzene ring substituents is 1. The topological polar surface area (TPSA) is 78.7 Å². The third kappa shape index (κ3) is 4.74. The predicted molar refractivity (Wildman–Crippen MR) is 111 cm³/mol. The lowest BCUT2D eigenvalue weighted by Gasteiger charge is -2.18. The van der Waals surface area contributed by atoms with Crippen LogP contribution in [0.4, 0.5) is 5.69 Å². The molecule has 2 aromatic rings. The average Bonchev–Trinajstić information content (AvgIpc) is 2.65. The first-order valence-electron chi connectivity index (χ1n) is 7.39. The van der Waals surface area contributed by atoms with Crippen LogP contribution in [0, 0.1) is 10.1 Å². The van der Waals surface area contributed by atoms with Crippen LogP contribution < -0.4 is 9.47 Å². The molecule has 0 fully saturated rings. The van der Waals surface area contributed by atoms with E-state index in [4.69, 9.17) is 32.7 Å². The van der Waals surface area contributed by atoms with Gasteiger partial charge in [0.1, 0.15) is 0 Å². The summed E-state index contributed by atoms with van der Waals surface area (Å²) in [5.74, 6) is 0.160. The number of alkyl halides is 2. The molecule has 0 amide bonds. The highest BCUT2D eigenvalue weighted by molar-refractivity contribution is 9.12. The number of Topliss-reactive ketones (excluding diaryl/α,β-unsaturated/α-hetero) is 1. The van der Waals surface area contributed by atoms with Crippen molar-refractivity contribution in [1.29, 1.82) is 0 Å². The smallest absolute Gasteiger partial charge is 0.277 e. The second kappa shape index (κ2) is 9.23. The van der Waals surface area contributed by atoms with Crippen LogP contribution in [-0.2, 0) is 0 Å². The largest absolute Gasteiger partial charge is 0.493 e. The van der Waals surface area contributed by atoms with E-state index >= 15 is 0 Å². The van der Waals surface area contributed by atoms with Gasteiger partial charge in [-0.15, -0.1) is 0 Å². The second-order valence-corrected chi connectivity index (χ2v) is 8.13. The van der Waals surface area contributed by atoms with Crippen LogP contribution in [0.5, 0.6) is 11.5 Å². The Bertz CT molecular complexity index is 894. The van der Waals surface area contributed by atoms with Crippen molar-refractivity contribution in [3.63, 3.8) is 0 Å². The number of halogens is 4. The van der Waals surface area contributed by atoms with Gasteiger partial charge in [-0.05, 0) is 24.3 Å². The third-order valence-electron chi connectivity index (χ3n) is 3.73. The van der Waals surface area contributed by atoms with Crippen LogP contribution in [0.25, 0.3) is 0 Å². The van der Waals surface area contributed by atoms with Crippen molar-refractivity contribution >= 4 is 66.5 Å². The fourth-order valence-corrected chi connectivity index (χ4v) is 4.03. The Kier molecular flexibility index (Phi) is 7.50. The lowest BCUT2D eigenvalue weighted by Crippen LogP contribution is -2.20. The van der Waals surface area contributed by atoms with Crippen molar-refractivity contribution in [2.24, 2.45) is 0 Å². The standard InChI is InChI=1S/C17H13Br2Cl2NO5/c1-26-13-6-10(12(22(24)25)7-14(13)27-2)15(18)16(19)17(23)9-4-3-8(20)5-11(9)21/h3-7,15-16H,1-2H3/t15-,16-/m1/s1. The molecule has 0 saturated carbocycles. The van der Waals surface area contributed by atoms with E-state index in [0.717, 1.165) is 0 Å². The van der Waals surface area contributed by atoms with Crippen LogP contribution in [0.3, 0.4) is 0 Å². The zero-order valence-corrected chi connectivity index (χ0v) is 18.7. The Morgan fingerprint density at radius 2 is 1.70 bits per heavy atom. The number of hydrogen-bond acceptors (Lipinski definition) is 5. The number of nitro groups is 1. The number of benzene rings is 2. The predicted octanol–water partition coefficient (Wildman–Crippen LogP) is 6.00. The van der Waals surface area contributed by atoms with E-state index in [-0.39, 0.29) is 33.4 Å². The third-order valence-corrected chi connectivity index (χ3v) is 6.95. The molecule has 2 rings (SSSR count). The minimum Gasteiger partial charge on any atom is -0.493 e. The molecule has 0 aromatic heterocycles. The number of hydrogen-bond donors (Lipinski definition) is 0. The Balaban J connectivity index is 2.47. The molecule has 6 nitrogen and oxygen atoms in total. The highest BCUT2D eigenvalue weighted by Gasteiger charge is 2.33. The number of ketones is 1. The molecule has 0 aliphatic rings. The number of rotatable bonds is 7. The molecule has 2 aromatic carbocycles. The fourth-order valence-electron chi connectivity index (χ4n) is 2.39. The number of methoxy groups -OCH3 is 2. The van der Waals surface area contributed by atoms with E-state index in [1.165, 1.54) is 38.5 Å². The minimum atomic E-state index is -0.840. The highest BCUT2D eigenvalue weighted by Crippen LogP contribution is 2.43. The molecule has 0 aliphatic carbocycles. The molecular formula is C17H13Br2Cl2NO5. The van der Waals surface area contributed by atoms with E-state index in [1.807, 2.05) is 0 Å². The Hall–Kier alpha value is -1.35. The molecule has 27 heavy (non-hydrogen) atoms. The molecule has 0 aliphatic heterocycles. The summed E-state index contributed by atoms with van der Waals surface area (Å²) in [6.45, 7) is 0. The summed E-state index contributed by atoms with van der Waals surface area (Å²) < 4.78 is 10.3. The Morgan fingerprint density at radius 3 is 2.22 bits per heavy atom. The zero-order chi connectivity index (χ0) is 20.3. The van der Waals surface area contributed by atoms with E-state index in [2.05, 4.69) is 31.9 Å². The SMILES string of the molecule is COc1cc([C@@H](Br)[C@@H](Br)C(=O)c2ccc(Cl)cc2Cl)c([N+](=O)[O-])cc1OC. The highest BCUT2D eigenvalue weighted by atomic mass is 79.9. The minimum absolute atomic E-state index is 0.193. The maximum atomic E-state index is 12.8. The first-order chi connectivity index (χ1) is 12.7. The monoisotopic (exact) mass is 539 g/mol. The summed E-state index contributed by atoms with van der Waals surface area (Å²) in [7, 11) is 2.80. The fraction of sp³-hybridized carbons (Fsp3) is 0.235. The van der Waals surface area contributed by atoms with Crippen molar-refractivity contribution in [2.75, 3.05) is 14.2 Å². The molecule has 10 heteroatoms. The summed E-state index contributed by atoms with van der Waals surface area (Å²) in [5.41, 5.74) is 0.280. The van der Waals surface area contributed by atoms with Crippen LogP contribution in [-0.4, -0.2) is 29.8 Å². The summed E-state index contributed by atoms with van der Waals surface area (Å²) in [6, 6.07) is 7.22. The van der Waals surface area contributed by atoms with Crippen molar-refractivity contribution in [1.82, 2.24) is 0 Å². The number of ether oxygens (including phenoxy) is 2. The molecule has 0 N–H and O–H groups in total. The summed E-state index contributed by atoms with van der Waals surface area (Å²) in [5, 5.41) is 12.1. The molecule has 0 heterocycles. The van der Waals surface area contributed by atoms with Gasteiger partial charge in [0.2, 0.25) is 0 Å². The molecule has 0 bridgehead atoms. The van der Waals surface area contributed by atoms with E-state index in [1.54, 1.807) is 6.07 Å². The van der Waals surface area contributed by atoms with Crippen molar-refractivity contribution in [3.8, 4) is 11.5 Å². The van der Waals surface area contributed by atoms with E-state index < -0.39 is 14.6 Å². The second-order valence-electron chi connectivity index (χ2n) is 5.32. The molecule has 0 saturated heterocycles. The van der Waals surface area contributed by atoms with Crippen LogP contribution in [0.1, 0.15) is 20.7 Å². The van der Waals surface area contributed by atoms with Gasteiger partial charge in [0.05, 0.1) is 39.9 Å². The van der Waals surface area contributed by atoms with Gasteiger partial charge in [-0.1, -0.05) is 55.1 Å². The Labute approximate surface area is 182 Å². The van der Waals surface area contributed by atoms with Gasteiger partial charge in [-0.25, -0.2) is 0 Å². The van der Waals surface area contributed by atoms with Gasteiger partial charge in [0, 0.05) is 16.1 Å².